The summed E-state index contributed by atoms with van der Waals surface area (Å²) < 4.78 is 0. The third-order valence-electron chi connectivity index (χ3n) is 10.5. The molecule has 1 aliphatic heterocycles. The van der Waals surface area contributed by atoms with Gasteiger partial charge in [-0.25, -0.2) is 4.79 Å². The Labute approximate surface area is 380 Å². The van der Waals surface area contributed by atoms with Crippen LogP contribution in [0, 0.1) is 5.92 Å². The standard InChI is InChI=1S/C43H70N12O10/c1-24(2)22-32(38(60)50-26(4)36(58)48-25(3)35(57)49-27(5)37(59)53-31(42(64)65)17-12-20-47-43(45)46)54-40(62)34-18-13-21-55(34)41(63)30(16-10-11-19-44)52-39(61)33(51-28(6)56)23-29-14-8-7-9-15-29/h7-9,14-15,24-27,30-34H,10-13,16-23,44H2,1-6H3,(H,48,58)(H,49,57)(H,50,60)(H,51,56)(H,52,61)(H,53,59)(H,54,62)(H,64,65)(H4,45,46,47)/t25-,26-,27+,30-,31-,32-,33-,34-/m0/s1. The number of nitrogens with one attached hydrogen (secondary N) is 7. The smallest absolute Gasteiger partial charge is 0.326 e. The summed E-state index contributed by atoms with van der Waals surface area (Å²) in [5.41, 5.74) is 17.1. The SMILES string of the molecule is CC(=O)N[C@@H](Cc1ccccc1)C(=O)N[C@@H](CCCCN)C(=O)N1CCC[C@H]1C(=O)N[C@@H](CC(C)C)C(=O)N[C@@H](C)C(=O)N[C@@H](C)C(=O)N[C@H](C)C(=O)N[C@@H](CCCN=C(N)N)C(=O)O. The molecule has 22 heteroatoms. The molecule has 0 spiro atoms. The number of nitrogens with zero attached hydrogens (tertiary/aromatic N) is 2. The van der Waals surface area contributed by atoms with Crippen LogP contribution >= 0.6 is 0 Å². The summed E-state index contributed by atoms with van der Waals surface area (Å²) in [6, 6.07) is 0.179. The van der Waals surface area contributed by atoms with Crippen LogP contribution in [0.1, 0.15) is 98.5 Å². The Kier molecular flexibility index (Phi) is 23.4. The van der Waals surface area contributed by atoms with Crippen molar-refractivity contribution < 1.29 is 48.3 Å². The number of carboxylic acid groups (broad SMARTS) is 1. The van der Waals surface area contributed by atoms with E-state index in [1.165, 1.54) is 32.6 Å². The maximum Gasteiger partial charge on any atom is 0.326 e. The first-order chi connectivity index (χ1) is 30.6. The third-order valence-corrected chi connectivity index (χ3v) is 10.5. The summed E-state index contributed by atoms with van der Waals surface area (Å²) in [5.74, 6) is -6.59. The molecule has 2 rings (SSSR count). The number of amides is 8. The molecule has 1 aromatic rings. The molecule has 0 aromatic heterocycles. The molecule has 1 fully saturated rings. The number of aliphatic carboxylic acids is 1. The van der Waals surface area contributed by atoms with Crippen molar-refractivity contribution in [3.05, 3.63) is 35.9 Å². The highest BCUT2D eigenvalue weighted by molar-refractivity contribution is 5.98. The van der Waals surface area contributed by atoms with E-state index in [1.54, 1.807) is 0 Å². The average molecular weight is 915 g/mol. The number of hydrogen-bond donors (Lipinski definition) is 11. The van der Waals surface area contributed by atoms with Crippen LogP contribution in [0.5, 0.6) is 0 Å². The Bertz CT molecular complexity index is 1830. The van der Waals surface area contributed by atoms with Crippen LogP contribution in [0.15, 0.2) is 35.3 Å². The number of nitrogens with two attached hydrogens (primary N) is 3. The van der Waals surface area contributed by atoms with Crippen LogP contribution in [0.25, 0.3) is 0 Å². The van der Waals surface area contributed by atoms with Gasteiger partial charge in [-0.15, -0.1) is 0 Å². The van der Waals surface area contributed by atoms with Crippen LogP contribution in [0.4, 0.5) is 0 Å². The minimum absolute atomic E-state index is 0.0197. The van der Waals surface area contributed by atoms with Crippen molar-refractivity contribution in [2.24, 2.45) is 28.1 Å². The maximum absolute atomic E-state index is 14.2. The van der Waals surface area contributed by atoms with E-state index in [4.69, 9.17) is 17.2 Å². The molecule has 1 saturated heterocycles. The summed E-state index contributed by atoms with van der Waals surface area (Å²) in [5, 5.41) is 27.6. The molecule has 0 saturated carbocycles. The van der Waals surface area contributed by atoms with Gasteiger partial charge in [-0.3, -0.25) is 43.3 Å². The second-order valence-electron chi connectivity index (χ2n) is 16.7. The summed E-state index contributed by atoms with van der Waals surface area (Å²) in [4.78, 5) is 123. The van der Waals surface area contributed by atoms with Crippen molar-refractivity contribution in [2.45, 2.75) is 148 Å². The van der Waals surface area contributed by atoms with Crippen LogP contribution in [0.3, 0.4) is 0 Å². The van der Waals surface area contributed by atoms with Crippen molar-refractivity contribution in [3.63, 3.8) is 0 Å². The van der Waals surface area contributed by atoms with Gasteiger partial charge in [0.2, 0.25) is 47.3 Å². The zero-order valence-corrected chi connectivity index (χ0v) is 38.3. The van der Waals surface area contributed by atoms with E-state index in [-0.39, 0.29) is 57.1 Å². The van der Waals surface area contributed by atoms with E-state index in [0.717, 1.165) is 5.56 Å². The molecule has 0 aliphatic carbocycles. The number of rotatable bonds is 27. The molecule has 0 unspecified atom stereocenters. The Morgan fingerprint density at radius 1 is 0.692 bits per heavy atom. The second-order valence-corrected chi connectivity index (χ2v) is 16.7. The number of hydrogen-bond acceptors (Lipinski definition) is 11. The van der Waals surface area contributed by atoms with E-state index in [1.807, 2.05) is 44.2 Å². The van der Waals surface area contributed by atoms with Crippen molar-refractivity contribution in [1.82, 2.24) is 42.1 Å². The molecule has 0 bridgehead atoms. The molecule has 14 N–H and O–H groups in total. The van der Waals surface area contributed by atoms with Gasteiger partial charge < -0.3 is 64.4 Å². The molecule has 362 valence electrons. The lowest BCUT2D eigenvalue weighted by Crippen LogP contribution is -2.59. The Morgan fingerprint density at radius 2 is 1.23 bits per heavy atom. The number of guanidine groups is 1. The predicted molar refractivity (Wildman–Crippen MR) is 241 cm³/mol. The molecule has 8 amide bonds. The molecular formula is C43H70N12O10. The van der Waals surface area contributed by atoms with Crippen molar-refractivity contribution in [3.8, 4) is 0 Å². The lowest BCUT2D eigenvalue weighted by molar-refractivity contribution is -0.142. The third kappa shape index (κ3) is 19.5. The predicted octanol–water partition coefficient (Wildman–Crippen LogP) is -1.99. The van der Waals surface area contributed by atoms with Gasteiger partial charge in [0.05, 0.1) is 0 Å². The highest BCUT2D eigenvalue weighted by Gasteiger charge is 2.40. The summed E-state index contributed by atoms with van der Waals surface area (Å²) >= 11 is 0. The van der Waals surface area contributed by atoms with Gasteiger partial charge >= 0.3 is 5.97 Å². The maximum atomic E-state index is 14.2. The van der Waals surface area contributed by atoms with Crippen molar-refractivity contribution in [2.75, 3.05) is 19.6 Å². The van der Waals surface area contributed by atoms with E-state index in [0.29, 0.717) is 32.2 Å². The first kappa shape index (κ1) is 54.8. The second kappa shape index (κ2) is 27.8. The summed E-state index contributed by atoms with van der Waals surface area (Å²) in [6.45, 7) is 9.79. The van der Waals surface area contributed by atoms with Gasteiger partial charge in [0.15, 0.2) is 5.96 Å². The quantitative estimate of drug-likeness (QED) is 0.0259. The molecule has 8 atom stereocenters. The number of carboxylic acids is 1. The molecule has 1 aliphatic rings. The number of aliphatic imine (C=N–C) groups is 1. The fourth-order valence-corrected chi connectivity index (χ4v) is 7.05. The first-order valence-electron chi connectivity index (χ1n) is 22.1. The Hall–Kier alpha value is -6.32. The summed E-state index contributed by atoms with van der Waals surface area (Å²) in [6.07, 6.45) is 2.72. The fraction of sp³-hybridized carbons (Fsp3) is 0.628. The van der Waals surface area contributed by atoms with Crippen LogP contribution in [-0.2, 0) is 49.6 Å². The van der Waals surface area contributed by atoms with Crippen molar-refractivity contribution >= 4 is 59.2 Å². The molecular weight excluding hydrogens is 845 g/mol. The van der Waals surface area contributed by atoms with E-state index in [2.05, 4.69) is 42.2 Å². The highest BCUT2D eigenvalue weighted by Crippen LogP contribution is 2.21. The molecule has 1 heterocycles. The van der Waals surface area contributed by atoms with Gasteiger partial charge in [0.25, 0.3) is 0 Å². The van der Waals surface area contributed by atoms with Crippen molar-refractivity contribution in [1.29, 1.82) is 0 Å². The summed E-state index contributed by atoms with van der Waals surface area (Å²) in [7, 11) is 0. The normalized spacial score (nSPS) is 16.6. The average Bonchev–Trinajstić information content (AvgIpc) is 3.74. The van der Waals surface area contributed by atoms with Gasteiger partial charge in [-0.2, -0.15) is 0 Å². The Balaban J connectivity index is 2.09. The highest BCUT2D eigenvalue weighted by atomic mass is 16.4. The number of carbonyl (C=O) groups is 9. The minimum Gasteiger partial charge on any atom is -0.480 e. The zero-order valence-electron chi connectivity index (χ0n) is 38.3. The van der Waals surface area contributed by atoms with Gasteiger partial charge in [0.1, 0.15) is 48.3 Å². The monoisotopic (exact) mass is 915 g/mol. The number of likely N-dealkylation sites (tertiary alicyclic amines) is 1. The lowest BCUT2D eigenvalue weighted by Gasteiger charge is -2.31. The van der Waals surface area contributed by atoms with Crippen LogP contribution in [0.2, 0.25) is 0 Å². The van der Waals surface area contributed by atoms with Gasteiger partial charge in [0, 0.05) is 26.4 Å². The first-order valence-corrected chi connectivity index (χ1v) is 22.1. The Morgan fingerprint density at radius 3 is 1.77 bits per heavy atom. The molecule has 65 heavy (non-hydrogen) atoms. The topological polar surface area (TPSA) is 352 Å². The number of carbonyl (C=O) groups excluding carboxylic acids is 8. The van der Waals surface area contributed by atoms with Crippen LogP contribution < -0.4 is 54.4 Å². The number of unbranched alkanes of at least 4 members (excludes halogenated alkanes) is 1. The largest absolute Gasteiger partial charge is 0.480 e. The number of benzene rings is 1. The van der Waals surface area contributed by atoms with E-state index >= 15 is 0 Å². The van der Waals surface area contributed by atoms with E-state index < -0.39 is 102 Å². The molecule has 0 radical (unpaired) electrons. The molecule has 22 nitrogen and oxygen atoms in total. The van der Waals surface area contributed by atoms with Crippen LogP contribution in [-0.4, -0.2) is 137 Å². The van der Waals surface area contributed by atoms with Gasteiger partial charge in [-0.1, -0.05) is 44.2 Å². The fourth-order valence-electron chi connectivity index (χ4n) is 7.05. The minimum atomic E-state index is -1.29. The zero-order chi connectivity index (χ0) is 48.8. The lowest BCUT2D eigenvalue weighted by atomic mass is 10.0. The van der Waals surface area contributed by atoms with Gasteiger partial charge in [-0.05, 0) is 90.2 Å². The molecule has 1 aromatic carbocycles. The van der Waals surface area contributed by atoms with E-state index in [9.17, 15) is 48.3 Å².